The zero-order valence-corrected chi connectivity index (χ0v) is 17.5. The number of carbonyl (C=O) groups is 1. The van der Waals surface area contributed by atoms with Gasteiger partial charge in [-0.2, -0.15) is 0 Å². The van der Waals surface area contributed by atoms with Crippen LogP contribution in [-0.4, -0.2) is 38.6 Å². The highest BCUT2D eigenvalue weighted by atomic mass is 35.5. The number of hydrogen-bond donors (Lipinski definition) is 1. The van der Waals surface area contributed by atoms with Crippen molar-refractivity contribution in [3.63, 3.8) is 0 Å². The summed E-state index contributed by atoms with van der Waals surface area (Å²) in [7, 11) is 5.49. The van der Waals surface area contributed by atoms with Crippen LogP contribution in [-0.2, 0) is 0 Å². The largest absolute Gasteiger partial charge is 0.497 e. The van der Waals surface area contributed by atoms with Crippen LogP contribution in [0, 0.1) is 6.92 Å². The third kappa shape index (κ3) is 4.60. The number of benzene rings is 2. The Morgan fingerprint density at radius 2 is 1.90 bits per heavy atom. The van der Waals surface area contributed by atoms with Crippen LogP contribution in [0.4, 0.5) is 0 Å². The Kier molecular flexibility index (Phi) is 6.25. The second-order valence-electron chi connectivity index (χ2n) is 7.04. The summed E-state index contributed by atoms with van der Waals surface area (Å²) < 4.78 is 10.9. The Labute approximate surface area is 174 Å². The van der Waals surface area contributed by atoms with E-state index in [-0.39, 0.29) is 17.2 Å². The maximum atomic E-state index is 12.6. The molecule has 0 radical (unpaired) electrons. The minimum absolute atomic E-state index is 0.0311. The third-order valence-electron chi connectivity index (χ3n) is 4.81. The predicted molar refractivity (Wildman–Crippen MR) is 114 cm³/mol. The lowest BCUT2D eigenvalue weighted by molar-refractivity contribution is 0.0914. The van der Waals surface area contributed by atoms with Gasteiger partial charge < -0.3 is 19.4 Å². The van der Waals surface area contributed by atoms with Crippen molar-refractivity contribution in [3.8, 4) is 5.75 Å². The number of likely N-dealkylation sites (N-methyl/N-ethyl adjacent to an activating group) is 1. The fourth-order valence-corrected chi connectivity index (χ4v) is 3.25. The van der Waals surface area contributed by atoms with Crippen LogP contribution in [0.3, 0.4) is 0 Å². The van der Waals surface area contributed by atoms with Gasteiger partial charge in [-0.05, 0) is 56.4 Å². The zero-order chi connectivity index (χ0) is 21.1. The summed E-state index contributed by atoms with van der Waals surface area (Å²) in [5.74, 6) is 0.289. The number of fused-ring (bicyclic) bond motifs is 1. The lowest BCUT2D eigenvalue weighted by atomic mass is 10.1. The van der Waals surface area contributed by atoms with E-state index in [1.54, 1.807) is 19.2 Å². The number of methoxy groups -OCH3 is 1. The van der Waals surface area contributed by atoms with E-state index in [0.29, 0.717) is 22.5 Å². The minimum atomic E-state index is -0.447. The monoisotopic (exact) mass is 414 g/mol. The number of aryl methyl sites for hydroxylation is 1. The summed E-state index contributed by atoms with van der Waals surface area (Å²) in [5, 5.41) is 3.69. The normalized spacial score (nSPS) is 12.2. The van der Waals surface area contributed by atoms with Gasteiger partial charge in [0, 0.05) is 17.6 Å². The van der Waals surface area contributed by atoms with Crippen LogP contribution in [0.2, 0.25) is 5.02 Å². The predicted octanol–water partition coefficient (Wildman–Crippen LogP) is 3.80. The highest BCUT2D eigenvalue weighted by Gasteiger charge is 2.18. The maximum Gasteiger partial charge on any atom is 0.287 e. The van der Waals surface area contributed by atoms with E-state index < -0.39 is 5.91 Å². The number of hydrogen-bond acceptors (Lipinski definition) is 5. The number of halogens is 1. The highest BCUT2D eigenvalue weighted by molar-refractivity contribution is 6.32. The van der Waals surface area contributed by atoms with Crippen LogP contribution in [0.15, 0.2) is 51.7 Å². The first kappa shape index (κ1) is 20.9. The van der Waals surface area contributed by atoms with Crippen molar-refractivity contribution in [2.75, 3.05) is 27.7 Å². The van der Waals surface area contributed by atoms with Crippen molar-refractivity contribution >= 4 is 28.5 Å². The molecule has 0 aliphatic rings. The molecule has 29 heavy (non-hydrogen) atoms. The van der Waals surface area contributed by atoms with Crippen molar-refractivity contribution in [2.24, 2.45) is 0 Å². The SMILES string of the molecule is COc1ccc([C@@H](CNC(=O)c2cc(=O)c3cc(Cl)c(C)cc3o2)N(C)C)cc1. The molecule has 3 rings (SSSR count). The van der Waals surface area contributed by atoms with Crippen molar-refractivity contribution < 1.29 is 13.9 Å². The molecule has 2 aromatic carbocycles. The molecule has 1 N–H and O–H groups in total. The van der Waals surface area contributed by atoms with E-state index in [4.69, 9.17) is 20.8 Å². The molecule has 0 aliphatic heterocycles. The summed E-state index contributed by atoms with van der Waals surface area (Å²) >= 11 is 6.08. The molecular formula is C22H23ClN2O4. The molecular weight excluding hydrogens is 392 g/mol. The average Bonchev–Trinajstić information content (AvgIpc) is 2.69. The van der Waals surface area contributed by atoms with Gasteiger partial charge in [0.05, 0.1) is 18.5 Å². The first-order valence-corrected chi connectivity index (χ1v) is 9.50. The molecule has 0 spiro atoms. The van der Waals surface area contributed by atoms with Crippen LogP contribution >= 0.6 is 11.6 Å². The molecule has 0 aliphatic carbocycles. The summed E-state index contributed by atoms with van der Waals surface area (Å²) in [6, 6.07) is 12.0. The molecule has 1 aromatic heterocycles. The van der Waals surface area contributed by atoms with Crippen LogP contribution in [0.5, 0.6) is 5.75 Å². The molecule has 7 heteroatoms. The summed E-state index contributed by atoms with van der Waals surface area (Å²) in [4.78, 5) is 27.0. The number of rotatable bonds is 6. The summed E-state index contributed by atoms with van der Waals surface area (Å²) in [5.41, 5.74) is 1.83. The van der Waals surface area contributed by atoms with Crippen LogP contribution < -0.4 is 15.5 Å². The minimum Gasteiger partial charge on any atom is -0.497 e. The third-order valence-corrected chi connectivity index (χ3v) is 5.22. The fourth-order valence-electron chi connectivity index (χ4n) is 3.09. The number of nitrogens with one attached hydrogen (secondary N) is 1. The Bertz CT molecular complexity index is 1090. The lowest BCUT2D eigenvalue weighted by Gasteiger charge is -2.25. The van der Waals surface area contributed by atoms with Gasteiger partial charge in [-0.25, -0.2) is 0 Å². The first-order chi connectivity index (χ1) is 13.8. The molecule has 1 heterocycles. The van der Waals surface area contributed by atoms with Crippen LogP contribution in [0.1, 0.15) is 27.7 Å². The van der Waals surface area contributed by atoms with Crippen molar-refractivity contribution in [1.82, 2.24) is 10.2 Å². The molecule has 0 unspecified atom stereocenters. The van der Waals surface area contributed by atoms with Gasteiger partial charge >= 0.3 is 0 Å². The van der Waals surface area contributed by atoms with Gasteiger partial charge in [-0.15, -0.1) is 0 Å². The number of carbonyl (C=O) groups excluding carboxylic acids is 1. The maximum absolute atomic E-state index is 12.6. The van der Waals surface area contributed by atoms with Crippen LogP contribution in [0.25, 0.3) is 11.0 Å². The highest BCUT2D eigenvalue weighted by Crippen LogP contribution is 2.23. The van der Waals surface area contributed by atoms with Crippen molar-refractivity contribution in [3.05, 3.63) is 74.6 Å². The summed E-state index contributed by atoms with van der Waals surface area (Å²) in [6.45, 7) is 2.16. The molecule has 0 saturated heterocycles. The standard InChI is InChI=1S/C22H23ClN2O4/c1-13-9-20-16(10-17(13)23)19(26)11-21(29-20)22(27)24-12-18(25(2)3)14-5-7-15(28-4)8-6-14/h5-11,18H,12H2,1-4H3,(H,24,27)/t18-/m1/s1. The first-order valence-electron chi connectivity index (χ1n) is 9.12. The van der Waals surface area contributed by atoms with Crippen molar-refractivity contribution in [2.45, 2.75) is 13.0 Å². The van der Waals surface area contributed by atoms with Gasteiger partial charge in [0.1, 0.15) is 11.3 Å². The van der Waals surface area contributed by atoms with E-state index in [0.717, 1.165) is 16.9 Å². The fraction of sp³-hybridized carbons (Fsp3) is 0.273. The van der Waals surface area contributed by atoms with E-state index in [1.807, 2.05) is 50.2 Å². The zero-order valence-electron chi connectivity index (χ0n) is 16.8. The Morgan fingerprint density at radius 3 is 2.52 bits per heavy atom. The number of ether oxygens (including phenoxy) is 1. The molecule has 3 aromatic rings. The lowest BCUT2D eigenvalue weighted by Crippen LogP contribution is -2.34. The molecule has 1 amide bonds. The van der Waals surface area contributed by atoms with Gasteiger partial charge in [0.2, 0.25) is 0 Å². The molecule has 152 valence electrons. The Morgan fingerprint density at radius 1 is 1.21 bits per heavy atom. The molecule has 6 nitrogen and oxygen atoms in total. The number of nitrogens with zero attached hydrogens (tertiary/aromatic N) is 1. The van der Waals surface area contributed by atoms with Gasteiger partial charge in [-0.1, -0.05) is 23.7 Å². The topological polar surface area (TPSA) is 71.8 Å². The van der Waals surface area contributed by atoms with E-state index in [2.05, 4.69) is 5.32 Å². The Balaban J connectivity index is 1.81. The molecule has 0 saturated carbocycles. The average molecular weight is 415 g/mol. The molecule has 0 fully saturated rings. The van der Waals surface area contributed by atoms with Crippen molar-refractivity contribution in [1.29, 1.82) is 0 Å². The van der Waals surface area contributed by atoms with E-state index >= 15 is 0 Å². The summed E-state index contributed by atoms with van der Waals surface area (Å²) in [6.07, 6.45) is 0. The molecule has 1 atom stereocenters. The second-order valence-corrected chi connectivity index (χ2v) is 7.44. The van der Waals surface area contributed by atoms with Gasteiger partial charge in [0.15, 0.2) is 11.2 Å². The van der Waals surface area contributed by atoms with Gasteiger partial charge in [0.25, 0.3) is 5.91 Å². The molecule has 0 bridgehead atoms. The number of amides is 1. The quantitative estimate of drug-likeness (QED) is 0.664. The van der Waals surface area contributed by atoms with E-state index in [9.17, 15) is 9.59 Å². The van der Waals surface area contributed by atoms with Gasteiger partial charge in [-0.3, -0.25) is 9.59 Å². The second kappa shape index (κ2) is 8.68. The smallest absolute Gasteiger partial charge is 0.287 e. The van der Waals surface area contributed by atoms with E-state index in [1.165, 1.54) is 6.07 Å². The Hall–Kier alpha value is -2.83.